The summed E-state index contributed by atoms with van der Waals surface area (Å²) < 4.78 is 4.61. The number of thioether (sulfide) groups is 1. The van der Waals surface area contributed by atoms with Crippen LogP contribution in [-0.2, 0) is 9.53 Å². The van der Waals surface area contributed by atoms with Gasteiger partial charge in [-0.15, -0.1) is 11.8 Å². The second kappa shape index (κ2) is 9.10. The summed E-state index contributed by atoms with van der Waals surface area (Å²) in [5.41, 5.74) is 0.990. The van der Waals surface area contributed by atoms with E-state index in [0.29, 0.717) is 16.0 Å². The minimum Gasteiger partial charge on any atom is -0.465 e. The summed E-state index contributed by atoms with van der Waals surface area (Å²) in [4.78, 5) is 12.2. The largest absolute Gasteiger partial charge is 0.465 e. The van der Waals surface area contributed by atoms with E-state index in [1.54, 1.807) is 30.5 Å². The van der Waals surface area contributed by atoms with Gasteiger partial charge in [0.25, 0.3) is 0 Å². The number of benzene rings is 1. The fraction of sp³-hybridized carbons (Fsp3) is 0.176. The molecule has 6 heteroatoms. The molecule has 1 rings (SSSR count). The lowest BCUT2D eigenvalue weighted by atomic mass is 9.97. The Morgan fingerprint density at radius 2 is 1.74 bits per heavy atom. The van der Waals surface area contributed by atoms with Crippen molar-refractivity contribution in [3.63, 3.8) is 0 Å². The fourth-order valence-corrected chi connectivity index (χ4v) is 2.50. The standard InChI is InChI=1S/C17H13N3O2S/c1-22-17(21)15(11-20)16(23-2)8-14(13(9-18)10-19)12-6-4-3-5-7-12/h3-7H,8H2,1-2H3/b16-15+. The van der Waals surface area contributed by atoms with Gasteiger partial charge in [-0.05, 0) is 17.4 Å². The normalized spacial score (nSPS) is 10.4. The molecule has 0 saturated carbocycles. The van der Waals surface area contributed by atoms with E-state index < -0.39 is 5.97 Å². The van der Waals surface area contributed by atoms with Gasteiger partial charge in [-0.1, -0.05) is 30.3 Å². The van der Waals surface area contributed by atoms with E-state index in [4.69, 9.17) is 0 Å². The molecule has 0 spiro atoms. The molecule has 0 radical (unpaired) electrons. The van der Waals surface area contributed by atoms with Crippen LogP contribution >= 0.6 is 11.8 Å². The van der Waals surface area contributed by atoms with Gasteiger partial charge < -0.3 is 4.74 Å². The zero-order valence-corrected chi connectivity index (χ0v) is 13.5. The lowest BCUT2D eigenvalue weighted by molar-refractivity contribution is -0.135. The Morgan fingerprint density at radius 3 is 2.17 bits per heavy atom. The monoisotopic (exact) mass is 323 g/mol. The highest BCUT2D eigenvalue weighted by atomic mass is 32.2. The van der Waals surface area contributed by atoms with Crippen LogP contribution in [0.3, 0.4) is 0 Å². The lowest BCUT2D eigenvalue weighted by Crippen LogP contribution is -2.06. The maximum atomic E-state index is 11.7. The number of hydrogen-bond acceptors (Lipinski definition) is 6. The first-order chi connectivity index (χ1) is 11.1. The number of methoxy groups -OCH3 is 1. The van der Waals surface area contributed by atoms with Crippen molar-refractivity contribution in [2.24, 2.45) is 0 Å². The molecule has 1 aromatic carbocycles. The van der Waals surface area contributed by atoms with Crippen LogP contribution < -0.4 is 0 Å². The Hall–Kier alpha value is -3.01. The molecule has 1 aromatic rings. The first kappa shape index (κ1) is 18.0. The van der Waals surface area contributed by atoms with Crippen molar-refractivity contribution in [1.82, 2.24) is 0 Å². The lowest BCUT2D eigenvalue weighted by Gasteiger charge is -2.11. The van der Waals surface area contributed by atoms with Gasteiger partial charge in [-0.3, -0.25) is 0 Å². The highest BCUT2D eigenvalue weighted by Gasteiger charge is 2.19. The summed E-state index contributed by atoms with van der Waals surface area (Å²) in [6, 6.07) is 14.5. The molecule has 0 atom stereocenters. The van der Waals surface area contributed by atoms with Crippen molar-refractivity contribution < 1.29 is 9.53 Å². The number of carbonyl (C=O) groups excluding carboxylic acids is 1. The van der Waals surface area contributed by atoms with Crippen LogP contribution in [0, 0.1) is 34.0 Å². The van der Waals surface area contributed by atoms with Gasteiger partial charge in [0, 0.05) is 11.3 Å². The minimum atomic E-state index is -0.736. The molecule has 0 N–H and O–H groups in total. The molecule has 0 bridgehead atoms. The van der Waals surface area contributed by atoms with Gasteiger partial charge in [0.05, 0.1) is 7.11 Å². The average molecular weight is 323 g/mol. The van der Waals surface area contributed by atoms with Crippen LogP contribution in [0.5, 0.6) is 0 Å². The predicted octanol–water partition coefficient (Wildman–Crippen LogP) is 3.19. The van der Waals surface area contributed by atoms with E-state index >= 15 is 0 Å². The summed E-state index contributed by atoms with van der Waals surface area (Å²) in [5.74, 6) is -0.736. The van der Waals surface area contributed by atoms with Crippen molar-refractivity contribution in [2.75, 3.05) is 13.4 Å². The third-order valence-corrected chi connectivity index (χ3v) is 3.85. The molecular weight excluding hydrogens is 310 g/mol. The summed E-state index contributed by atoms with van der Waals surface area (Å²) in [5, 5.41) is 27.6. The number of nitriles is 3. The highest BCUT2D eigenvalue weighted by Crippen LogP contribution is 2.32. The second-order valence-corrected chi connectivity index (χ2v) is 5.13. The van der Waals surface area contributed by atoms with Crippen molar-refractivity contribution in [2.45, 2.75) is 6.42 Å². The number of esters is 1. The zero-order chi connectivity index (χ0) is 17.2. The highest BCUT2D eigenvalue weighted by molar-refractivity contribution is 8.02. The van der Waals surface area contributed by atoms with Gasteiger partial charge >= 0.3 is 5.97 Å². The molecule has 23 heavy (non-hydrogen) atoms. The molecular formula is C17H13N3O2S. The Balaban J connectivity index is 3.49. The maximum Gasteiger partial charge on any atom is 0.349 e. The van der Waals surface area contributed by atoms with Crippen molar-refractivity contribution in [3.05, 3.63) is 51.9 Å². The summed E-state index contributed by atoms with van der Waals surface area (Å²) in [6.07, 6.45) is 1.84. The van der Waals surface area contributed by atoms with Gasteiger partial charge in [-0.25, -0.2) is 4.79 Å². The molecule has 0 aromatic heterocycles. The van der Waals surface area contributed by atoms with E-state index in [9.17, 15) is 20.6 Å². The van der Waals surface area contributed by atoms with Crippen molar-refractivity contribution >= 4 is 23.3 Å². The van der Waals surface area contributed by atoms with E-state index in [1.165, 1.54) is 18.9 Å². The van der Waals surface area contributed by atoms with Gasteiger partial charge in [0.15, 0.2) is 0 Å². The van der Waals surface area contributed by atoms with Crippen LogP contribution in [0.15, 0.2) is 46.4 Å². The van der Waals surface area contributed by atoms with E-state index in [0.717, 1.165) is 0 Å². The van der Waals surface area contributed by atoms with Gasteiger partial charge in [0.1, 0.15) is 29.4 Å². The van der Waals surface area contributed by atoms with Crippen LogP contribution in [0.1, 0.15) is 12.0 Å². The molecule has 114 valence electrons. The van der Waals surface area contributed by atoms with Gasteiger partial charge in [-0.2, -0.15) is 15.8 Å². The Kier molecular flexibility index (Phi) is 7.14. The molecule has 0 heterocycles. The van der Waals surface area contributed by atoms with Crippen LogP contribution in [0.25, 0.3) is 5.57 Å². The smallest absolute Gasteiger partial charge is 0.349 e. The Labute approximate surface area is 139 Å². The van der Waals surface area contributed by atoms with Crippen LogP contribution in [0.4, 0.5) is 0 Å². The quantitative estimate of drug-likeness (QED) is 0.469. The minimum absolute atomic E-state index is 0.0510. The summed E-state index contributed by atoms with van der Waals surface area (Å²) in [6.45, 7) is 0. The molecule has 0 aliphatic heterocycles. The predicted molar refractivity (Wildman–Crippen MR) is 87.4 cm³/mol. The number of allylic oxidation sites excluding steroid dienone is 3. The van der Waals surface area contributed by atoms with E-state index in [-0.39, 0.29) is 17.6 Å². The summed E-state index contributed by atoms with van der Waals surface area (Å²) >= 11 is 1.21. The average Bonchev–Trinajstić information content (AvgIpc) is 2.61. The van der Waals surface area contributed by atoms with Crippen LogP contribution in [-0.4, -0.2) is 19.3 Å². The SMILES string of the molecule is COC(=O)/C(C#N)=C(\CC(=C(C#N)C#N)c1ccccc1)SC. The van der Waals surface area contributed by atoms with Crippen LogP contribution in [0.2, 0.25) is 0 Å². The number of ether oxygens (including phenoxy) is 1. The Bertz CT molecular complexity index is 759. The summed E-state index contributed by atoms with van der Waals surface area (Å²) in [7, 11) is 1.20. The topological polar surface area (TPSA) is 97.7 Å². The molecule has 0 fully saturated rings. The maximum absolute atomic E-state index is 11.7. The first-order valence-corrected chi connectivity index (χ1v) is 7.69. The number of nitrogens with zero attached hydrogens (tertiary/aromatic N) is 3. The fourth-order valence-electron chi connectivity index (χ4n) is 1.88. The number of carbonyl (C=O) groups is 1. The second-order valence-electron chi connectivity index (χ2n) is 4.23. The molecule has 0 aliphatic carbocycles. The molecule has 0 saturated heterocycles. The molecule has 0 amide bonds. The van der Waals surface area contributed by atoms with Crippen molar-refractivity contribution in [3.8, 4) is 18.2 Å². The third kappa shape index (κ3) is 4.48. The van der Waals surface area contributed by atoms with Gasteiger partial charge in [0.2, 0.25) is 0 Å². The first-order valence-electron chi connectivity index (χ1n) is 6.47. The van der Waals surface area contributed by atoms with E-state index in [1.807, 2.05) is 24.3 Å². The zero-order valence-electron chi connectivity index (χ0n) is 12.7. The van der Waals surface area contributed by atoms with Crippen molar-refractivity contribution in [1.29, 1.82) is 15.8 Å². The molecule has 0 aliphatic rings. The Morgan fingerprint density at radius 1 is 1.13 bits per heavy atom. The molecule has 0 unspecified atom stereocenters. The van der Waals surface area contributed by atoms with E-state index in [2.05, 4.69) is 4.74 Å². The third-order valence-electron chi connectivity index (χ3n) is 3.01. The number of rotatable bonds is 5. The number of hydrogen-bond donors (Lipinski definition) is 0. The molecule has 5 nitrogen and oxygen atoms in total.